The van der Waals surface area contributed by atoms with Crippen LogP contribution in [0.15, 0.2) is 0 Å². The quantitative estimate of drug-likeness (QED) is 0.595. The van der Waals surface area contributed by atoms with E-state index in [1.807, 2.05) is 6.92 Å². The zero-order chi connectivity index (χ0) is 6.85. The average Bonchev–Trinajstić information content (AvgIpc) is 2.13. The van der Waals surface area contributed by atoms with E-state index in [1.54, 1.807) is 21.6 Å². The molecule has 0 aromatic rings. The minimum absolute atomic E-state index is 0.125. The Labute approximate surface area is 61.8 Å². The van der Waals surface area contributed by atoms with Gasteiger partial charge in [0.05, 0.1) is 5.92 Å². The molecule has 2 unspecified atom stereocenters. The van der Waals surface area contributed by atoms with Crippen LogP contribution in [0.2, 0.25) is 0 Å². The van der Waals surface area contributed by atoms with Crippen LogP contribution >= 0.6 is 21.6 Å². The van der Waals surface area contributed by atoms with Crippen molar-refractivity contribution < 1.29 is 9.90 Å². The number of hydrogen-bond acceptors (Lipinski definition) is 3. The third-order valence-electron chi connectivity index (χ3n) is 1.35. The number of hydrogen-bond donors (Lipinski definition) is 1. The van der Waals surface area contributed by atoms with Crippen molar-refractivity contribution in [3.63, 3.8) is 0 Å². The first-order chi connectivity index (χ1) is 4.22. The second-order valence-corrected chi connectivity index (χ2v) is 4.82. The molecule has 52 valence electrons. The van der Waals surface area contributed by atoms with Crippen LogP contribution in [-0.4, -0.2) is 22.1 Å². The summed E-state index contributed by atoms with van der Waals surface area (Å²) in [6.45, 7) is 1.96. The van der Waals surface area contributed by atoms with Gasteiger partial charge < -0.3 is 5.11 Å². The molecule has 0 aromatic heterocycles. The van der Waals surface area contributed by atoms with Crippen molar-refractivity contribution in [1.82, 2.24) is 0 Å². The molecular weight excluding hydrogens is 156 g/mol. The number of aliphatic carboxylic acids is 1. The lowest BCUT2D eigenvalue weighted by Gasteiger charge is -2.04. The van der Waals surface area contributed by atoms with Crippen molar-refractivity contribution in [2.75, 3.05) is 5.75 Å². The van der Waals surface area contributed by atoms with Gasteiger partial charge in [-0.15, -0.1) is 0 Å². The number of rotatable bonds is 1. The van der Waals surface area contributed by atoms with Gasteiger partial charge in [0.25, 0.3) is 0 Å². The van der Waals surface area contributed by atoms with Crippen LogP contribution in [-0.2, 0) is 4.79 Å². The molecule has 4 heteroatoms. The molecule has 1 saturated heterocycles. The van der Waals surface area contributed by atoms with Crippen molar-refractivity contribution in [1.29, 1.82) is 0 Å². The molecule has 1 aliphatic heterocycles. The fourth-order valence-corrected chi connectivity index (χ4v) is 3.76. The van der Waals surface area contributed by atoms with Gasteiger partial charge in [-0.05, 0) is 0 Å². The van der Waals surface area contributed by atoms with E-state index in [2.05, 4.69) is 0 Å². The van der Waals surface area contributed by atoms with Gasteiger partial charge in [-0.25, -0.2) is 0 Å². The van der Waals surface area contributed by atoms with E-state index in [9.17, 15) is 4.79 Å². The van der Waals surface area contributed by atoms with Crippen molar-refractivity contribution in [2.24, 2.45) is 5.92 Å². The largest absolute Gasteiger partial charge is 0.481 e. The molecular formula is C5H8O2S2. The topological polar surface area (TPSA) is 37.3 Å². The molecule has 1 heterocycles. The molecule has 0 aromatic carbocycles. The van der Waals surface area contributed by atoms with Crippen LogP contribution in [0.4, 0.5) is 0 Å². The first-order valence-corrected chi connectivity index (χ1v) is 5.11. The second-order valence-electron chi connectivity index (χ2n) is 2.03. The van der Waals surface area contributed by atoms with E-state index >= 15 is 0 Å². The normalized spacial score (nSPS) is 34.8. The van der Waals surface area contributed by atoms with Gasteiger partial charge >= 0.3 is 5.97 Å². The standard InChI is InChI=1S/C5H8O2S2/c1-3-4(5(6)7)2-8-9-3/h3-4H,2H2,1H3,(H,6,7). The lowest BCUT2D eigenvalue weighted by Crippen LogP contribution is -2.20. The summed E-state index contributed by atoms with van der Waals surface area (Å²) >= 11 is 0. The molecule has 1 aliphatic rings. The van der Waals surface area contributed by atoms with Gasteiger partial charge in [-0.2, -0.15) is 0 Å². The zero-order valence-electron chi connectivity index (χ0n) is 5.03. The molecule has 1 fully saturated rings. The van der Waals surface area contributed by atoms with Gasteiger partial charge in [0.15, 0.2) is 0 Å². The van der Waals surface area contributed by atoms with E-state index in [0.717, 1.165) is 5.75 Å². The maximum Gasteiger partial charge on any atom is 0.308 e. The van der Waals surface area contributed by atoms with Crippen molar-refractivity contribution >= 4 is 27.6 Å². The van der Waals surface area contributed by atoms with E-state index in [1.165, 1.54) is 0 Å². The molecule has 2 nitrogen and oxygen atoms in total. The fraction of sp³-hybridized carbons (Fsp3) is 0.800. The second kappa shape index (κ2) is 2.84. The number of carboxylic acids is 1. The maximum absolute atomic E-state index is 10.4. The van der Waals surface area contributed by atoms with Crippen LogP contribution in [0.5, 0.6) is 0 Å². The first kappa shape index (κ1) is 7.28. The molecule has 0 saturated carbocycles. The van der Waals surface area contributed by atoms with Crippen molar-refractivity contribution in [2.45, 2.75) is 12.2 Å². The summed E-state index contributed by atoms with van der Waals surface area (Å²) in [5.74, 6) is -0.0127. The highest BCUT2D eigenvalue weighted by atomic mass is 33.1. The predicted octanol–water partition coefficient (Wildman–Crippen LogP) is 1.47. The minimum atomic E-state index is -0.653. The SMILES string of the molecule is CC1SSCC1C(=O)O. The van der Waals surface area contributed by atoms with E-state index in [0.29, 0.717) is 0 Å². The zero-order valence-corrected chi connectivity index (χ0v) is 6.67. The van der Waals surface area contributed by atoms with E-state index in [4.69, 9.17) is 5.11 Å². The third-order valence-corrected chi connectivity index (χ3v) is 4.34. The highest BCUT2D eigenvalue weighted by Crippen LogP contribution is 2.41. The molecule has 2 atom stereocenters. The minimum Gasteiger partial charge on any atom is -0.481 e. The first-order valence-electron chi connectivity index (χ1n) is 2.73. The van der Waals surface area contributed by atoms with E-state index in [-0.39, 0.29) is 11.2 Å². The van der Waals surface area contributed by atoms with Crippen LogP contribution in [0, 0.1) is 5.92 Å². The molecule has 0 amide bonds. The van der Waals surface area contributed by atoms with Crippen LogP contribution in [0.3, 0.4) is 0 Å². The summed E-state index contributed by atoms with van der Waals surface area (Å²) in [4.78, 5) is 10.4. The maximum atomic E-state index is 10.4. The molecule has 1 rings (SSSR count). The van der Waals surface area contributed by atoms with Gasteiger partial charge in [0.2, 0.25) is 0 Å². The van der Waals surface area contributed by atoms with Crippen molar-refractivity contribution in [3.05, 3.63) is 0 Å². The van der Waals surface area contributed by atoms with Gasteiger partial charge in [-0.1, -0.05) is 28.5 Å². The predicted molar refractivity (Wildman–Crippen MR) is 40.6 cm³/mol. The monoisotopic (exact) mass is 164 g/mol. The Balaban J connectivity index is 2.49. The highest BCUT2D eigenvalue weighted by Gasteiger charge is 2.30. The Hall–Kier alpha value is 0.170. The summed E-state index contributed by atoms with van der Waals surface area (Å²) in [5, 5.41) is 8.84. The lowest BCUT2D eigenvalue weighted by molar-refractivity contribution is -0.140. The fourth-order valence-electron chi connectivity index (χ4n) is 0.695. The molecule has 0 bridgehead atoms. The Morgan fingerprint density at radius 2 is 2.44 bits per heavy atom. The average molecular weight is 164 g/mol. The number of carbonyl (C=O) groups is 1. The van der Waals surface area contributed by atoms with Crippen molar-refractivity contribution in [3.8, 4) is 0 Å². The van der Waals surface area contributed by atoms with Crippen LogP contribution in [0.1, 0.15) is 6.92 Å². The lowest BCUT2D eigenvalue weighted by atomic mass is 10.1. The van der Waals surface area contributed by atoms with E-state index < -0.39 is 5.97 Å². The van der Waals surface area contributed by atoms with Crippen LogP contribution in [0.25, 0.3) is 0 Å². The number of carboxylic acid groups (broad SMARTS) is 1. The molecule has 0 spiro atoms. The summed E-state index contributed by atoms with van der Waals surface area (Å²) in [7, 11) is 3.32. The molecule has 0 aliphatic carbocycles. The summed E-state index contributed by atoms with van der Waals surface area (Å²) < 4.78 is 0. The van der Waals surface area contributed by atoms with Gasteiger partial charge in [0, 0.05) is 11.0 Å². The smallest absolute Gasteiger partial charge is 0.308 e. The van der Waals surface area contributed by atoms with Gasteiger partial charge in [0.1, 0.15) is 0 Å². The summed E-state index contributed by atoms with van der Waals surface area (Å²) in [6.07, 6.45) is 0. The summed E-state index contributed by atoms with van der Waals surface area (Å²) in [6, 6.07) is 0. The summed E-state index contributed by atoms with van der Waals surface area (Å²) in [5.41, 5.74) is 0. The highest BCUT2D eigenvalue weighted by molar-refractivity contribution is 8.77. The van der Waals surface area contributed by atoms with Gasteiger partial charge in [-0.3, -0.25) is 4.79 Å². The molecule has 1 N–H and O–H groups in total. The molecule has 9 heavy (non-hydrogen) atoms. The molecule has 0 radical (unpaired) electrons. The Kier molecular flexibility index (Phi) is 2.29. The Bertz CT molecular complexity index is 126. The Morgan fingerprint density at radius 3 is 2.67 bits per heavy atom. The third kappa shape index (κ3) is 1.55. The van der Waals surface area contributed by atoms with Crippen LogP contribution < -0.4 is 0 Å². The Morgan fingerprint density at radius 1 is 1.78 bits per heavy atom.